The summed E-state index contributed by atoms with van der Waals surface area (Å²) in [4.78, 5) is 17.2. The summed E-state index contributed by atoms with van der Waals surface area (Å²) in [5.74, 6) is 1.08. The Hall–Kier alpha value is -2.88. The van der Waals surface area contributed by atoms with Gasteiger partial charge in [0.2, 0.25) is 5.91 Å². The fraction of sp³-hybridized carbons (Fsp3) is 0.273. The van der Waals surface area contributed by atoms with Crippen LogP contribution in [0.2, 0.25) is 0 Å². The van der Waals surface area contributed by atoms with E-state index in [4.69, 9.17) is 0 Å². The number of hydrogen-bond acceptors (Lipinski definition) is 2. The molecular formula is C22H23N3O. The number of fused-ring (bicyclic) bond motifs is 1. The van der Waals surface area contributed by atoms with Crippen molar-refractivity contribution in [1.29, 1.82) is 0 Å². The fourth-order valence-corrected chi connectivity index (χ4v) is 3.70. The largest absolute Gasteiger partial charge is 0.328 e. The zero-order valence-corrected chi connectivity index (χ0v) is 15.0. The lowest BCUT2D eigenvalue weighted by atomic mass is 9.95. The van der Waals surface area contributed by atoms with E-state index in [1.54, 1.807) is 0 Å². The lowest BCUT2D eigenvalue weighted by molar-refractivity contribution is -0.117. The van der Waals surface area contributed by atoms with E-state index in [0.717, 1.165) is 41.9 Å². The Labute approximate surface area is 153 Å². The molecule has 2 aromatic carbocycles. The Kier molecular flexibility index (Phi) is 4.57. The summed E-state index contributed by atoms with van der Waals surface area (Å²) in [6, 6.07) is 18.0. The van der Waals surface area contributed by atoms with Crippen LogP contribution in [0.5, 0.6) is 0 Å². The standard InChI is InChI=1S/C22H23N3O/c1-2-19(16-7-4-3-5-8-16)22(26)24-18-12-10-17(11-13-18)20-15-23-21-9-6-14-25(20)21/h3-5,7-8,10-13,15,19H,2,6,9,14H2,1H3,(H,24,26)/t19-/m1/s1. The number of carbonyl (C=O) groups excluding carboxylic acids is 1. The maximum atomic E-state index is 12.7. The average Bonchev–Trinajstić information content (AvgIpc) is 3.28. The first kappa shape index (κ1) is 16.6. The Morgan fingerprint density at radius 3 is 2.65 bits per heavy atom. The third-order valence-electron chi connectivity index (χ3n) is 5.10. The van der Waals surface area contributed by atoms with Gasteiger partial charge in [-0.15, -0.1) is 0 Å². The van der Waals surface area contributed by atoms with Gasteiger partial charge in [-0.3, -0.25) is 4.79 Å². The van der Waals surface area contributed by atoms with Crippen LogP contribution >= 0.6 is 0 Å². The minimum absolute atomic E-state index is 0.0386. The van der Waals surface area contributed by atoms with Crippen molar-refractivity contribution < 1.29 is 4.79 Å². The van der Waals surface area contributed by atoms with E-state index in [2.05, 4.69) is 27.0 Å². The highest BCUT2D eigenvalue weighted by Gasteiger charge is 2.19. The Bertz CT molecular complexity index is 897. The van der Waals surface area contributed by atoms with Crippen LogP contribution < -0.4 is 5.32 Å². The molecule has 1 aliphatic rings. The molecule has 1 N–H and O–H groups in total. The maximum absolute atomic E-state index is 12.7. The van der Waals surface area contributed by atoms with Gasteiger partial charge < -0.3 is 9.88 Å². The van der Waals surface area contributed by atoms with Crippen LogP contribution in [0.1, 0.15) is 37.1 Å². The molecule has 4 heteroatoms. The lowest BCUT2D eigenvalue weighted by Gasteiger charge is -2.15. The minimum atomic E-state index is -0.131. The first-order valence-electron chi connectivity index (χ1n) is 9.27. The summed E-state index contributed by atoms with van der Waals surface area (Å²) in [6.07, 6.45) is 4.95. The monoisotopic (exact) mass is 345 g/mol. The van der Waals surface area contributed by atoms with Gasteiger partial charge in [0.15, 0.2) is 0 Å². The van der Waals surface area contributed by atoms with Crippen molar-refractivity contribution in [3.8, 4) is 11.3 Å². The Morgan fingerprint density at radius 1 is 1.15 bits per heavy atom. The Morgan fingerprint density at radius 2 is 1.92 bits per heavy atom. The average molecular weight is 345 g/mol. The molecule has 4 rings (SSSR count). The second-order valence-electron chi connectivity index (χ2n) is 6.75. The van der Waals surface area contributed by atoms with Crippen LogP contribution in [-0.4, -0.2) is 15.5 Å². The molecule has 2 heterocycles. The molecule has 0 saturated carbocycles. The van der Waals surface area contributed by atoms with Crippen LogP contribution in [-0.2, 0) is 17.8 Å². The maximum Gasteiger partial charge on any atom is 0.231 e. The summed E-state index contributed by atoms with van der Waals surface area (Å²) >= 11 is 0. The minimum Gasteiger partial charge on any atom is -0.328 e. The number of aryl methyl sites for hydroxylation is 1. The van der Waals surface area contributed by atoms with Crippen molar-refractivity contribution >= 4 is 11.6 Å². The topological polar surface area (TPSA) is 46.9 Å². The highest BCUT2D eigenvalue weighted by atomic mass is 16.1. The van der Waals surface area contributed by atoms with E-state index in [9.17, 15) is 4.79 Å². The number of aromatic nitrogens is 2. The van der Waals surface area contributed by atoms with Gasteiger partial charge in [-0.2, -0.15) is 0 Å². The molecule has 1 atom stereocenters. The predicted molar refractivity (Wildman–Crippen MR) is 104 cm³/mol. The number of nitrogens with one attached hydrogen (secondary N) is 1. The number of anilines is 1. The molecule has 1 aliphatic heterocycles. The smallest absolute Gasteiger partial charge is 0.231 e. The quantitative estimate of drug-likeness (QED) is 0.733. The van der Waals surface area contributed by atoms with Crippen LogP contribution in [0.3, 0.4) is 0 Å². The molecule has 26 heavy (non-hydrogen) atoms. The number of benzene rings is 2. The molecule has 0 saturated heterocycles. The fourth-order valence-electron chi connectivity index (χ4n) is 3.70. The number of carbonyl (C=O) groups is 1. The van der Waals surface area contributed by atoms with E-state index in [-0.39, 0.29) is 11.8 Å². The van der Waals surface area contributed by atoms with E-state index in [1.807, 2.05) is 55.6 Å². The normalized spacial score (nSPS) is 14.0. The summed E-state index contributed by atoms with van der Waals surface area (Å²) in [6.45, 7) is 3.08. The molecule has 0 spiro atoms. The molecular weight excluding hydrogens is 322 g/mol. The predicted octanol–water partition coefficient (Wildman–Crippen LogP) is 4.63. The molecule has 3 aromatic rings. The molecule has 132 valence electrons. The zero-order chi connectivity index (χ0) is 17.9. The number of amides is 1. The third-order valence-corrected chi connectivity index (χ3v) is 5.10. The van der Waals surface area contributed by atoms with Crippen molar-refractivity contribution in [3.05, 3.63) is 72.2 Å². The summed E-state index contributed by atoms with van der Waals surface area (Å²) in [5.41, 5.74) is 4.18. The van der Waals surface area contributed by atoms with Crippen molar-refractivity contribution in [2.75, 3.05) is 5.32 Å². The molecule has 1 aromatic heterocycles. The highest BCUT2D eigenvalue weighted by molar-refractivity contribution is 5.96. The van der Waals surface area contributed by atoms with Crippen molar-refractivity contribution in [1.82, 2.24) is 9.55 Å². The summed E-state index contributed by atoms with van der Waals surface area (Å²) in [5, 5.41) is 3.05. The van der Waals surface area contributed by atoms with Crippen LogP contribution in [0, 0.1) is 0 Å². The number of hydrogen-bond donors (Lipinski definition) is 1. The lowest BCUT2D eigenvalue weighted by Crippen LogP contribution is -2.20. The van der Waals surface area contributed by atoms with Gasteiger partial charge in [-0.05, 0) is 36.1 Å². The van der Waals surface area contributed by atoms with Gasteiger partial charge in [0.1, 0.15) is 5.82 Å². The van der Waals surface area contributed by atoms with Crippen molar-refractivity contribution in [2.45, 2.75) is 38.6 Å². The summed E-state index contributed by atoms with van der Waals surface area (Å²) in [7, 11) is 0. The molecule has 0 fully saturated rings. The van der Waals surface area contributed by atoms with Crippen molar-refractivity contribution in [3.63, 3.8) is 0 Å². The number of nitrogens with zero attached hydrogens (tertiary/aromatic N) is 2. The molecule has 0 radical (unpaired) electrons. The number of rotatable bonds is 5. The molecule has 0 aliphatic carbocycles. The second-order valence-corrected chi connectivity index (χ2v) is 6.75. The van der Waals surface area contributed by atoms with Gasteiger partial charge in [0.25, 0.3) is 0 Å². The molecule has 1 amide bonds. The van der Waals surface area contributed by atoms with Crippen LogP contribution in [0.25, 0.3) is 11.3 Å². The van der Waals surface area contributed by atoms with E-state index in [0.29, 0.717) is 0 Å². The van der Waals surface area contributed by atoms with Crippen molar-refractivity contribution in [2.24, 2.45) is 0 Å². The number of imidazole rings is 1. The van der Waals surface area contributed by atoms with E-state index >= 15 is 0 Å². The van der Waals surface area contributed by atoms with Gasteiger partial charge in [-0.25, -0.2) is 4.98 Å². The first-order valence-corrected chi connectivity index (χ1v) is 9.27. The molecule has 0 unspecified atom stereocenters. The first-order chi connectivity index (χ1) is 12.8. The molecule has 0 bridgehead atoms. The van der Waals surface area contributed by atoms with E-state index < -0.39 is 0 Å². The van der Waals surface area contributed by atoms with Gasteiger partial charge in [-0.1, -0.05) is 49.4 Å². The second kappa shape index (κ2) is 7.16. The summed E-state index contributed by atoms with van der Waals surface area (Å²) < 4.78 is 2.29. The van der Waals surface area contributed by atoms with E-state index in [1.165, 1.54) is 12.2 Å². The van der Waals surface area contributed by atoms with Gasteiger partial charge in [0, 0.05) is 18.7 Å². The van der Waals surface area contributed by atoms with Crippen LogP contribution in [0.4, 0.5) is 5.69 Å². The van der Waals surface area contributed by atoms with Crippen LogP contribution in [0.15, 0.2) is 60.8 Å². The van der Waals surface area contributed by atoms with Gasteiger partial charge in [0.05, 0.1) is 17.8 Å². The third kappa shape index (κ3) is 3.15. The SMILES string of the molecule is CC[C@@H](C(=O)Nc1ccc(-c2cnc3n2CCC3)cc1)c1ccccc1. The highest BCUT2D eigenvalue weighted by Crippen LogP contribution is 2.27. The van der Waals surface area contributed by atoms with Gasteiger partial charge >= 0.3 is 0 Å². The zero-order valence-electron chi connectivity index (χ0n) is 15.0. The molecule has 4 nitrogen and oxygen atoms in total. The Balaban J connectivity index is 1.49.